The van der Waals surface area contributed by atoms with Crippen molar-refractivity contribution in [1.29, 1.82) is 0 Å². The fraction of sp³-hybridized carbons (Fsp3) is 0.625. The van der Waals surface area contributed by atoms with Crippen molar-refractivity contribution in [2.24, 2.45) is 11.3 Å². The van der Waals surface area contributed by atoms with Crippen LogP contribution in [0.5, 0.6) is 0 Å². The molecule has 3 nitrogen and oxygen atoms in total. The van der Waals surface area contributed by atoms with Gasteiger partial charge in [-0.15, -0.1) is 0 Å². The highest BCUT2D eigenvalue weighted by Gasteiger charge is 2.46. The van der Waals surface area contributed by atoms with Gasteiger partial charge in [0.15, 0.2) is 0 Å². The van der Waals surface area contributed by atoms with Crippen molar-refractivity contribution < 1.29 is 9.50 Å². The van der Waals surface area contributed by atoms with Crippen molar-refractivity contribution in [2.45, 2.75) is 19.4 Å². The molecule has 0 aliphatic carbocycles. The third-order valence-electron chi connectivity index (χ3n) is 5.03. The van der Waals surface area contributed by atoms with Gasteiger partial charge in [-0.25, -0.2) is 4.39 Å². The number of hydrogen-bond donors (Lipinski definition) is 2. The average Bonchev–Trinajstić information content (AvgIpc) is 2.75. The first-order valence-corrected chi connectivity index (χ1v) is 8.39. The van der Waals surface area contributed by atoms with E-state index in [1.54, 1.807) is 6.07 Å². The monoisotopic (exact) mass is 356 g/mol. The highest BCUT2D eigenvalue weighted by molar-refractivity contribution is 9.10. The van der Waals surface area contributed by atoms with Crippen molar-refractivity contribution >= 4 is 15.9 Å². The molecule has 21 heavy (non-hydrogen) atoms. The summed E-state index contributed by atoms with van der Waals surface area (Å²) >= 11 is 3.35. The van der Waals surface area contributed by atoms with Gasteiger partial charge < -0.3 is 10.4 Å². The lowest BCUT2D eigenvalue weighted by molar-refractivity contribution is 0.0984. The maximum absolute atomic E-state index is 13.5. The third kappa shape index (κ3) is 3.31. The molecule has 0 saturated carbocycles. The van der Waals surface area contributed by atoms with E-state index in [0.717, 1.165) is 55.6 Å². The molecular formula is C16H22BrFN2O. The van der Waals surface area contributed by atoms with E-state index in [2.05, 4.69) is 26.1 Å². The standard InChI is InChI=1S/C16H22BrFN2O/c17-14-5-12(6-15(18)7-14)8-20-9-13(10-21)16(11-20)1-3-19-4-2-16/h5-7,13,19,21H,1-4,8-11H2. The summed E-state index contributed by atoms with van der Waals surface area (Å²) in [5.41, 5.74) is 1.23. The highest BCUT2D eigenvalue weighted by atomic mass is 79.9. The van der Waals surface area contributed by atoms with Gasteiger partial charge in [-0.05, 0) is 55.1 Å². The highest BCUT2D eigenvalue weighted by Crippen LogP contribution is 2.43. The maximum Gasteiger partial charge on any atom is 0.124 e. The van der Waals surface area contributed by atoms with Crippen LogP contribution in [0.15, 0.2) is 22.7 Å². The van der Waals surface area contributed by atoms with Crippen LogP contribution in [-0.2, 0) is 6.54 Å². The molecule has 5 heteroatoms. The molecule has 0 radical (unpaired) electrons. The minimum Gasteiger partial charge on any atom is -0.396 e. The molecule has 3 rings (SSSR count). The number of benzene rings is 1. The number of halogens is 2. The van der Waals surface area contributed by atoms with Gasteiger partial charge >= 0.3 is 0 Å². The Hall–Kier alpha value is -0.490. The number of likely N-dealkylation sites (tertiary alicyclic amines) is 1. The van der Waals surface area contributed by atoms with Crippen LogP contribution in [0.3, 0.4) is 0 Å². The van der Waals surface area contributed by atoms with Crippen LogP contribution in [0, 0.1) is 17.2 Å². The molecule has 2 fully saturated rings. The second-order valence-corrected chi connectivity index (χ2v) is 7.35. The summed E-state index contributed by atoms with van der Waals surface area (Å²) in [6.45, 7) is 5.00. The number of aliphatic hydroxyl groups is 1. The minimum atomic E-state index is -0.200. The zero-order valence-corrected chi connectivity index (χ0v) is 13.7. The van der Waals surface area contributed by atoms with E-state index < -0.39 is 0 Å². The Bertz CT molecular complexity index is 485. The summed E-state index contributed by atoms with van der Waals surface area (Å²) in [7, 11) is 0. The second kappa shape index (κ2) is 6.32. The fourth-order valence-corrected chi connectivity index (χ4v) is 4.48. The molecule has 1 unspecified atom stereocenters. The van der Waals surface area contributed by atoms with Gasteiger partial charge in [-0.1, -0.05) is 15.9 Å². The quantitative estimate of drug-likeness (QED) is 0.872. The predicted molar refractivity (Wildman–Crippen MR) is 84.5 cm³/mol. The van der Waals surface area contributed by atoms with Gasteiger partial charge in [0.05, 0.1) is 0 Å². The Labute approximate surface area is 133 Å². The molecule has 0 aromatic heterocycles. The van der Waals surface area contributed by atoms with Gasteiger partial charge in [-0.2, -0.15) is 0 Å². The normalized spacial score (nSPS) is 25.6. The van der Waals surface area contributed by atoms with Crippen molar-refractivity contribution in [2.75, 3.05) is 32.8 Å². The zero-order chi connectivity index (χ0) is 14.9. The van der Waals surface area contributed by atoms with Crippen molar-refractivity contribution in [3.63, 3.8) is 0 Å². The van der Waals surface area contributed by atoms with Crippen LogP contribution in [0.1, 0.15) is 18.4 Å². The van der Waals surface area contributed by atoms with Gasteiger partial charge in [0.1, 0.15) is 5.82 Å². The first kappa shape index (κ1) is 15.4. The van der Waals surface area contributed by atoms with Crippen molar-refractivity contribution in [1.82, 2.24) is 10.2 Å². The van der Waals surface area contributed by atoms with Crippen LogP contribution < -0.4 is 5.32 Å². The lowest BCUT2D eigenvalue weighted by atomic mass is 9.71. The number of rotatable bonds is 3. The molecule has 2 aliphatic rings. The summed E-state index contributed by atoms with van der Waals surface area (Å²) in [5, 5.41) is 13.1. The summed E-state index contributed by atoms with van der Waals surface area (Å²) in [5.74, 6) is 0.144. The van der Waals surface area contributed by atoms with Gasteiger partial charge in [0, 0.05) is 36.6 Å². The molecule has 2 N–H and O–H groups in total. The van der Waals surface area contributed by atoms with Crippen LogP contribution in [0.25, 0.3) is 0 Å². The van der Waals surface area contributed by atoms with E-state index in [9.17, 15) is 9.50 Å². The van der Waals surface area contributed by atoms with Crippen LogP contribution in [0.4, 0.5) is 4.39 Å². The molecular weight excluding hydrogens is 335 g/mol. The minimum absolute atomic E-state index is 0.200. The number of aliphatic hydroxyl groups excluding tert-OH is 1. The Kier molecular flexibility index (Phi) is 4.64. The van der Waals surface area contributed by atoms with E-state index in [0.29, 0.717) is 5.92 Å². The van der Waals surface area contributed by atoms with Crippen LogP contribution >= 0.6 is 15.9 Å². The molecule has 1 aromatic rings. The smallest absolute Gasteiger partial charge is 0.124 e. The summed E-state index contributed by atoms with van der Waals surface area (Å²) in [4.78, 5) is 2.37. The van der Waals surface area contributed by atoms with Crippen LogP contribution in [-0.4, -0.2) is 42.8 Å². The lowest BCUT2D eigenvalue weighted by Crippen LogP contribution is -2.42. The van der Waals surface area contributed by atoms with E-state index in [1.165, 1.54) is 6.07 Å². The average molecular weight is 357 g/mol. The Morgan fingerprint density at radius 3 is 2.76 bits per heavy atom. The number of hydrogen-bond acceptors (Lipinski definition) is 3. The van der Waals surface area contributed by atoms with E-state index in [1.807, 2.05) is 6.07 Å². The van der Waals surface area contributed by atoms with E-state index in [4.69, 9.17) is 0 Å². The zero-order valence-electron chi connectivity index (χ0n) is 12.1. The summed E-state index contributed by atoms with van der Waals surface area (Å²) in [6.07, 6.45) is 2.25. The molecule has 0 bridgehead atoms. The molecule has 2 aliphatic heterocycles. The largest absolute Gasteiger partial charge is 0.396 e. The Morgan fingerprint density at radius 2 is 2.10 bits per heavy atom. The number of nitrogens with one attached hydrogen (secondary N) is 1. The Morgan fingerprint density at radius 1 is 1.33 bits per heavy atom. The van der Waals surface area contributed by atoms with Crippen LogP contribution in [0.2, 0.25) is 0 Å². The molecule has 2 heterocycles. The maximum atomic E-state index is 13.5. The van der Waals surface area contributed by atoms with E-state index >= 15 is 0 Å². The third-order valence-corrected chi connectivity index (χ3v) is 5.49. The first-order chi connectivity index (χ1) is 10.1. The SMILES string of the molecule is OCC1CN(Cc2cc(F)cc(Br)c2)CC12CCNCC2. The number of nitrogens with zero attached hydrogens (tertiary/aromatic N) is 1. The van der Waals surface area contributed by atoms with Gasteiger partial charge in [-0.3, -0.25) is 4.90 Å². The first-order valence-electron chi connectivity index (χ1n) is 7.60. The molecule has 116 valence electrons. The van der Waals surface area contributed by atoms with Gasteiger partial charge in [0.2, 0.25) is 0 Å². The molecule has 1 atom stereocenters. The lowest BCUT2D eigenvalue weighted by Gasteiger charge is -2.38. The topological polar surface area (TPSA) is 35.5 Å². The van der Waals surface area contributed by atoms with E-state index in [-0.39, 0.29) is 17.8 Å². The number of piperidine rings is 1. The summed E-state index contributed by atoms with van der Waals surface area (Å²) in [6, 6.07) is 5.06. The second-order valence-electron chi connectivity index (χ2n) is 6.44. The molecule has 2 saturated heterocycles. The molecule has 1 aromatic carbocycles. The molecule has 0 amide bonds. The predicted octanol–water partition coefficient (Wildman–Crippen LogP) is 2.38. The van der Waals surface area contributed by atoms with Crippen molar-refractivity contribution in [3.05, 3.63) is 34.1 Å². The molecule has 1 spiro atoms. The van der Waals surface area contributed by atoms with Crippen molar-refractivity contribution in [3.8, 4) is 0 Å². The van der Waals surface area contributed by atoms with Gasteiger partial charge in [0.25, 0.3) is 0 Å². The summed E-state index contributed by atoms with van der Waals surface area (Å²) < 4.78 is 14.3. The fourth-order valence-electron chi connectivity index (χ4n) is 3.97. The Balaban J connectivity index is 1.72.